The van der Waals surface area contributed by atoms with Crippen LogP contribution in [0.25, 0.3) is 5.70 Å². The SMILES string of the molecule is O=C1NC(SCc2ccccc2)=NN2C1=c1ccccc1=N[C@@H]2c1ccccc1Cl. The third kappa shape index (κ3) is 3.49. The molecule has 3 aromatic rings. The van der Waals surface area contributed by atoms with Crippen LogP contribution in [0.15, 0.2) is 89.0 Å². The molecule has 5 rings (SSSR count). The van der Waals surface area contributed by atoms with Gasteiger partial charge in [-0.2, -0.15) is 0 Å². The summed E-state index contributed by atoms with van der Waals surface area (Å²) in [5.41, 5.74) is 2.44. The van der Waals surface area contributed by atoms with Crippen molar-refractivity contribution in [3.63, 3.8) is 0 Å². The van der Waals surface area contributed by atoms with Crippen molar-refractivity contribution < 1.29 is 4.79 Å². The Morgan fingerprint density at radius 2 is 1.70 bits per heavy atom. The maximum atomic E-state index is 13.1. The molecule has 1 N–H and O–H groups in total. The third-order valence-electron chi connectivity index (χ3n) is 4.92. The van der Waals surface area contributed by atoms with E-state index in [-0.39, 0.29) is 5.91 Å². The fourth-order valence-corrected chi connectivity index (χ4v) is 4.55. The maximum absolute atomic E-state index is 13.1. The number of hydrazone groups is 1. The van der Waals surface area contributed by atoms with Crippen LogP contribution in [-0.2, 0) is 10.5 Å². The number of fused-ring (bicyclic) bond motifs is 2. The number of amides is 1. The van der Waals surface area contributed by atoms with E-state index in [0.29, 0.717) is 21.6 Å². The number of thioether (sulfide) groups is 1. The number of rotatable bonds is 3. The van der Waals surface area contributed by atoms with Gasteiger partial charge < -0.3 is 0 Å². The van der Waals surface area contributed by atoms with Gasteiger partial charge in [-0.1, -0.05) is 90.1 Å². The van der Waals surface area contributed by atoms with Crippen LogP contribution in [0.5, 0.6) is 0 Å². The highest BCUT2D eigenvalue weighted by Gasteiger charge is 2.35. The predicted molar refractivity (Wildman–Crippen MR) is 120 cm³/mol. The summed E-state index contributed by atoms with van der Waals surface area (Å²) in [6.45, 7) is 0. The highest BCUT2D eigenvalue weighted by molar-refractivity contribution is 8.13. The lowest BCUT2D eigenvalue weighted by Crippen LogP contribution is -2.50. The number of benzene rings is 3. The first-order valence-electron chi connectivity index (χ1n) is 9.48. The van der Waals surface area contributed by atoms with Gasteiger partial charge in [-0.05, 0) is 17.7 Å². The molecule has 0 saturated heterocycles. The summed E-state index contributed by atoms with van der Waals surface area (Å²) in [5, 5.41) is 12.0. The molecule has 0 spiro atoms. The van der Waals surface area contributed by atoms with E-state index in [2.05, 4.69) is 17.4 Å². The van der Waals surface area contributed by atoms with Crippen molar-refractivity contribution in [2.45, 2.75) is 11.9 Å². The van der Waals surface area contributed by atoms with Crippen molar-refractivity contribution in [2.24, 2.45) is 10.1 Å². The molecule has 2 aliphatic rings. The topological polar surface area (TPSA) is 57.1 Å². The fourth-order valence-electron chi connectivity index (χ4n) is 3.51. The average Bonchev–Trinajstić information content (AvgIpc) is 2.78. The first kappa shape index (κ1) is 18.9. The van der Waals surface area contributed by atoms with Crippen molar-refractivity contribution in [1.29, 1.82) is 0 Å². The Bertz CT molecular complexity index is 1280. The summed E-state index contributed by atoms with van der Waals surface area (Å²) in [7, 11) is 0. The van der Waals surface area contributed by atoms with Gasteiger partial charge in [0, 0.05) is 21.6 Å². The summed E-state index contributed by atoms with van der Waals surface area (Å²) < 4.78 is 0. The molecule has 2 heterocycles. The largest absolute Gasteiger partial charge is 0.298 e. The Morgan fingerprint density at radius 1 is 0.967 bits per heavy atom. The van der Waals surface area contributed by atoms with Gasteiger partial charge in [0.25, 0.3) is 5.91 Å². The standard InChI is InChI=1S/C23H17ClN4OS/c24-18-12-6-4-10-16(18)21-25-19-13-7-5-11-17(19)20-22(29)26-23(27-28(20)21)30-14-15-8-2-1-3-9-15/h1-13,21H,14H2,(H,26,27,29)/t21-/m0/s1. The molecule has 3 aromatic carbocycles. The molecule has 0 fully saturated rings. The maximum Gasteiger partial charge on any atom is 0.276 e. The number of halogens is 1. The van der Waals surface area contributed by atoms with Gasteiger partial charge >= 0.3 is 0 Å². The molecule has 148 valence electrons. The lowest BCUT2D eigenvalue weighted by molar-refractivity contribution is -0.116. The zero-order valence-electron chi connectivity index (χ0n) is 15.8. The number of hydrogen-bond acceptors (Lipinski definition) is 5. The van der Waals surface area contributed by atoms with Crippen LogP contribution in [-0.4, -0.2) is 16.1 Å². The summed E-state index contributed by atoms with van der Waals surface area (Å²) in [4.78, 5) is 18.0. The lowest BCUT2D eigenvalue weighted by atomic mass is 10.1. The molecule has 1 atom stereocenters. The van der Waals surface area contributed by atoms with Crippen molar-refractivity contribution in [2.75, 3.05) is 0 Å². The Labute approximate surface area is 182 Å². The predicted octanol–water partition coefficient (Wildman–Crippen LogP) is 3.42. The van der Waals surface area contributed by atoms with E-state index < -0.39 is 6.17 Å². The van der Waals surface area contributed by atoms with Crippen LogP contribution >= 0.6 is 23.4 Å². The number of nitrogens with zero attached hydrogens (tertiary/aromatic N) is 3. The van der Waals surface area contributed by atoms with E-state index in [0.717, 1.165) is 21.7 Å². The Morgan fingerprint density at radius 3 is 2.53 bits per heavy atom. The zero-order chi connectivity index (χ0) is 20.5. The molecule has 0 radical (unpaired) electrons. The van der Waals surface area contributed by atoms with E-state index in [4.69, 9.17) is 21.7 Å². The highest BCUT2D eigenvalue weighted by atomic mass is 35.5. The number of carbonyl (C=O) groups excluding carboxylic acids is 1. The first-order chi connectivity index (χ1) is 14.7. The highest BCUT2D eigenvalue weighted by Crippen LogP contribution is 2.34. The van der Waals surface area contributed by atoms with Gasteiger partial charge in [0.15, 0.2) is 11.3 Å². The molecule has 0 unspecified atom stereocenters. The minimum Gasteiger partial charge on any atom is -0.298 e. The van der Waals surface area contributed by atoms with E-state index in [9.17, 15) is 4.79 Å². The number of carbonyl (C=O) groups is 1. The lowest BCUT2D eigenvalue weighted by Gasteiger charge is -2.34. The van der Waals surface area contributed by atoms with E-state index in [1.54, 1.807) is 5.01 Å². The first-order valence-corrected chi connectivity index (χ1v) is 10.8. The number of amidine groups is 1. The Hall–Kier alpha value is -3.09. The second-order valence-corrected chi connectivity index (χ2v) is 8.24. The van der Waals surface area contributed by atoms with Crippen LogP contribution in [0, 0.1) is 0 Å². The smallest absolute Gasteiger partial charge is 0.276 e. The van der Waals surface area contributed by atoms with Crippen molar-refractivity contribution in [1.82, 2.24) is 10.3 Å². The monoisotopic (exact) mass is 432 g/mol. The van der Waals surface area contributed by atoms with Crippen molar-refractivity contribution in [3.8, 4) is 0 Å². The molecule has 0 aromatic heterocycles. The van der Waals surface area contributed by atoms with Gasteiger partial charge in [0.1, 0.15) is 5.70 Å². The second-order valence-electron chi connectivity index (χ2n) is 6.87. The molecule has 0 aliphatic carbocycles. The van der Waals surface area contributed by atoms with E-state index >= 15 is 0 Å². The van der Waals surface area contributed by atoms with Gasteiger partial charge in [-0.25, -0.2) is 5.01 Å². The number of hydrogen-bond donors (Lipinski definition) is 1. The zero-order valence-corrected chi connectivity index (χ0v) is 17.4. The molecule has 1 amide bonds. The number of nitrogens with one attached hydrogen (secondary N) is 1. The molecule has 5 nitrogen and oxygen atoms in total. The summed E-state index contributed by atoms with van der Waals surface area (Å²) in [6, 6.07) is 25.2. The summed E-state index contributed by atoms with van der Waals surface area (Å²) >= 11 is 7.96. The van der Waals surface area contributed by atoms with Crippen LogP contribution in [0.1, 0.15) is 17.3 Å². The fraction of sp³-hybridized carbons (Fsp3) is 0.0870. The summed E-state index contributed by atoms with van der Waals surface area (Å²) in [6.07, 6.45) is -0.512. The van der Waals surface area contributed by atoms with Crippen molar-refractivity contribution in [3.05, 3.63) is 106 Å². The van der Waals surface area contributed by atoms with Crippen LogP contribution < -0.4 is 15.9 Å². The van der Waals surface area contributed by atoms with Gasteiger partial charge in [-0.3, -0.25) is 15.1 Å². The summed E-state index contributed by atoms with van der Waals surface area (Å²) in [5.74, 6) is 0.508. The minimum atomic E-state index is -0.512. The molecule has 0 saturated carbocycles. The molecule has 7 heteroatoms. The number of para-hydroxylation sites is 1. The van der Waals surface area contributed by atoms with Crippen LogP contribution in [0.3, 0.4) is 0 Å². The molecule has 0 bridgehead atoms. The molecular weight excluding hydrogens is 416 g/mol. The van der Waals surface area contributed by atoms with Gasteiger partial charge in [0.2, 0.25) is 0 Å². The minimum absolute atomic E-state index is 0.194. The third-order valence-corrected chi connectivity index (χ3v) is 6.20. The van der Waals surface area contributed by atoms with E-state index in [1.165, 1.54) is 11.8 Å². The molecular formula is C23H17ClN4OS. The Kier molecular flexibility index (Phi) is 5.02. The second kappa shape index (κ2) is 7.97. The van der Waals surface area contributed by atoms with Crippen LogP contribution in [0.2, 0.25) is 5.02 Å². The van der Waals surface area contributed by atoms with Crippen molar-refractivity contribution >= 4 is 40.1 Å². The van der Waals surface area contributed by atoms with Gasteiger partial charge in [-0.15, -0.1) is 5.10 Å². The van der Waals surface area contributed by atoms with E-state index in [1.807, 2.05) is 66.7 Å². The quantitative estimate of drug-likeness (QED) is 0.690. The Balaban J connectivity index is 1.59. The van der Waals surface area contributed by atoms with Gasteiger partial charge in [0.05, 0.1) is 5.36 Å². The van der Waals surface area contributed by atoms with Crippen LogP contribution in [0.4, 0.5) is 0 Å². The molecule has 30 heavy (non-hydrogen) atoms. The molecule has 2 aliphatic heterocycles. The average molecular weight is 433 g/mol. The normalized spacial score (nSPS) is 17.4.